The van der Waals surface area contributed by atoms with E-state index in [9.17, 15) is 9.59 Å². The zero-order chi connectivity index (χ0) is 16.1. The summed E-state index contributed by atoms with van der Waals surface area (Å²) < 4.78 is 5.78. The highest BCUT2D eigenvalue weighted by atomic mass is 79.9. The molecule has 1 heterocycles. The predicted molar refractivity (Wildman–Crippen MR) is 88.2 cm³/mol. The van der Waals surface area contributed by atoms with E-state index >= 15 is 0 Å². The van der Waals surface area contributed by atoms with Crippen LogP contribution in [0.25, 0.3) is 0 Å². The summed E-state index contributed by atoms with van der Waals surface area (Å²) in [5, 5.41) is 3.39. The summed E-state index contributed by atoms with van der Waals surface area (Å²) in [6.45, 7) is 3.31. The van der Waals surface area contributed by atoms with Crippen molar-refractivity contribution in [2.75, 3.05) is 19.7 Å². The van der Waals surface area contributed by atoms with Gasteiger partial charge in [-0.3, -0.25) is 4.79 Å². The Bertz CT molecular complexity index is 560. The van der Waals surface area contributed by atoms with Crippen LogP contribution in [0.5, 0.6) is 0 Å². The molecular formula is C15H18BrClN2O3. The first-order valence-electron chi connectivity index (χ1n) is 7.19. The average molecular weight is 390 g/mol. The molecule has 2 amide bonds. The third kappa shape index (κ3) is 4.36. The van der Waals surface area contributed by atoms with E-state index in [1.807, 2.05) is 0 Å². The Morgan fingerprint density at radius 3 is 2.73 bits per heavy atom. The van der Waals surface area contributed by atoms with Crippen molar-refractivity contribution >= 4 is 39.5 Å². The molecule has 22 heavy (non-hydrogen) atoms. The summed E-state index contributed by atoms with van der Waals surface area (Å²) in [7, 11) is 0. The molecule has 7 heteroatoms. The molecule has 120 valence electrons. The van der Waals surface area contributed by atoms with Crippen LogP contribution in [0.2, 0.25) is 5.02 Å². The highest BCUT2D eigenvalue weighted by Crippen LogP contribution is 2.21. The number of likely N-dealkylation sites (tertiary alicyclic amines) is 1. The van der Waals surface area contributed by atoms with Gasteiger partial charge in [0.15, 0.2) is 0 Å². The lowest BCUT2D eigenvalue weighted by molar-refractivity contribution is 0.0860. The van der Waals surface area contributed by atoms with Gasteiger partial charge < -0.3 is 15.0 Å². The summed E-state index contributed by atoms with van der Waals surface area (Å²) in [5.74, 6) is -0.194. The lowest BCUT2D eigenvalue weighted by Crippen LogP contribution is -2.46. The highest BCUT2D eigenvalue weighted by Gasteiger charge is 2.25. The van der Waals surface area contributed by atoms with E-state index in [1.54, 1.807) is 30.0 Å². The van der Waals surface area contributed by atoms with Crippen molar-refractivity contribution in [1.29, 1.82) is 0 Å². The molecule has 1 saturated heterocycles. The quantitative estimate of drug-likeness (QED) is 0.861. The number of carbonyl (C=O) groups is 2. The van der Waals surface area contributed by atoms with E-state index in [1.165, 1.54) is 0 Å². The molecule has 0 aliphatic carbocycles. The number of hydrogen-bond donors (Lipinski definition) is 1. The number of rotatable bonds is 3. The smallest absolute Gasteiger partial charge is 0.409 e. The van der Waals surface area contributed by atoms with Gasteiger partial charge in [-0.25, -0.2) is 4.79 Å². The minimum atomic E-state index is -0.290. The van der Waals surface area contributed by atoms with E-state index in [0.29, 0.717) is 43.1 Å². The molecule has 0 bridgehead atoms. The second-order valence-corrected chi connectivity index (χ2v) is 6.38. The van der Waals surface area contributed by atoms with Gasteiger partial charge in [0.25, 0.3) is 5.91 Å². The van der Waals surface area contributed by atoms with E-state index in [-0.39, 0.29) is 18.0 Å². The van der Waals surface area contributed by atoms with Crippen LogP contribution in [0.4, 0.5) is 4.79 Å². The fraction of sp³-hybridized carbons (Fsp3) is 0.467. The van der Waals surface area contributed by atoms with E-state index in [4.69, 9.17) is 16.3 Å². The largest absolute Gasteiger partial charge is 0.450 e. The Kier molecular flexibility index (Phi) is 6.08. The number of amides is 2. The van der Waals surface area contributed by atoms with Crippen LogP contribution in [-0.2, 0) is 4.74 Å². The lowest BCUT2D eigenvalue weighted by Gasteiger charge is -2.31. The standard InChI is InChI=1S/C15H18BrClN2O3/c1-2-22-15(21)19-7-5-11(6-8-19)18-14(20)12-9-10(16)3-4-13(12)17/h3-4,9,11H,2,5-8H2,1H3,(H,18,20). The Labute approximate surface area is 143 Å². The molecule has 1 aromatic carbocycles. The van der Waals surface area contributed by atoms with Gasteiger partial charge in [0.05, 0.1) is 17.2 Å². The van der Waals surface area contributed by atoms with Crippen LogP contribution in [0.1, 0.15) is 30.1 Å². The maximum Gasteiger partial charge on any atom is 0.409 e. The third-order valence-electron chi connectivity index (χ3n) is 3.53. The molecule has 1 N–H and O–H groups in total. The summed E-state index contributed by atoms with van der Waals surface area (Å²) in [6, 6.07) is 5.21. The fourth-order valence-electron chi connectivity index (χ4n) is 2.36. The zero-order valence-electron chi connectivity index (χ0n) is 12.3. The Balaban J connectivity index is 1.89. The number of nitrogens with one attached hydrogen (secondary N) is 1. The van der Waals surface area contributed by atoms with E-state index < -0.39 is 0 Å². The first-order valence-corrected chi connectivity index (χ1v) is 8.36. The number of benzene rings is 1. The molecule has 0 saturated carbocycles. The molecule has 0 radical (unpaired) electrons. The van der Waals surface area contributed by atoms with Crippen molar-refractivity contribution < 1.29 is 14.3 Å². The molecule has 0 spiro atoms. The van der Waals surface area contributed by atoms with Gasteiger partial charge in [-0.05, 0) is 38.0 Å². The van der Waals surface area contributed by atoms with Crippen LogP contribution in [0.15, 0.2) is 22.7 Å². The number of piperidine rings is 1. The van der Waals surface area contributed by atoms with Gasteiger partial charge in [0.2, 0.25) is 0 Å². The number of hydrogen-bond acceptors (Lipinski definition) is 3. The van der Waals surface area contributed by atoms with Crippen molar-refractivity contribution in [2.24, 2.45) is 0 Å². The summed E-state index contributed by atoms with van der Waals surface area (Å²) in [5.41, 5.74) is 0.448. The van der Waals surface area contributed by atoms with Gasteiger partial charge in [0, 0.05) is 23.6 Å². The molecule has 0 aromatic heterocycles. The molecule has 5 nitrogen and oxygen atoms in total. The second-order valence-electron chi connectivity index (χ2n) is 5.06. The molecule has 1 fully saturated rings. The maximum atomic E-state index is 12.3. The second kappa shape index (κ2) is 7.83. The predicted octanol–water partition coefficient (Wildman–Crippen LogP) is 3.45. The summed E-state index contributed by atoms with van der Waals surface area (Å²) in [4.78, 5) is 25.6. The van der Waals surface area contributed by atoms with Crippen LogP contribution >= 0.6 is 27.5 Å². The zero-order valence-corrected chi connectivity index (χ0v) is 14.6. The van der Waals surface area contributed by atoms with Gasteiger partial charge in [-0.1, -0.05) is 27.5 Å². The normalized spacial score (nSPS) is 15.5. The molecule has 0 unspecified atom stereocenters. The third-order valence-corrected chi connectivity index (χ3v) is 4.35. The first kappa shape index (κ1) is 17.1. The topological polar surface area (TPSA) is 58.6 Å². The van der Waals surface area contributed by atoms with Crippen molar-refractivity contribution in [3.63, 3.8) is 0 Å². The minimum Gasteiger partial charge on any atom is -0.450 e. The molecule has 1 aliphatic rings. The van der Waals surface area contributed by atoms with Crippen molar-refractivity contribution in [3.8, 4) is 0 Å². The van der Waals surface area contributed by atoms with Crippen molar-refractivity contribution in [3.05, 3.63) is 33.3 Å². The van der Waals surface area contributed by atoms with Gasteiger partial charge in [-0.2, -0.15) is 0 Å². The number of ether oxygens (including phenoxy) is 1. The minimum absolute atomic E-state index is 0.0354. The summed E-state index contributed by atoms with van der Waals surface area (Å²) in [6.07, 6.45) is 1.12. The molecule has 2 rings (SSSR count). The number of nitrogens with zero attached hydrogens (tertiary/aromatic N) is 1. The van der Waals surface area contributed by atoms with Crippen LogP contribution in [0, 0.1) is 0 Å². The number of halogens is 2. The van der Waals surface area contributed by atoms with Gasteiger partial charge in [-0.15, -0.1) is 0 Å². The first-order chi connectivity index (χ1) is 10.5. The van der Waals surface area contributed by atoms with Crippen molar-refractivity contribution in [1.82, 2.24) is 10.2 Å². The summed E-state index contributed by atoms with van der Waals surface area (Å²) >= 11 is 9.39. The maximum absolute atomic E-state index is 12.3. The number of carbonyl (C=O) groups excluding carboxylic acids is 2. The average Bonchev–Trinajstić information content (AvgIpc) is 2.50. The Hall–Kier alpha value is -1.27. The van der Waals surface area contributed by atoms with E-state index in [0.717, 1.165) is 4.47 Å². The monoisotopic (exact) mass is 388 g/mol. The van der Waals surface area contributed by atoms with Gasteiger partial charge >= 0.3 is 6.09 Å². The van der Waals surface area contributed by atoms with E-state index in [2.05, 4.69) is 21.2 Å². The van der Waals surface area contributed by atoms with Crippen LogP contribution in [0.3, 0.4) is 0 Å². The Morgan fingerprint density at radius 2 is 2.09 bits per heavy atom. The highest BCUT2D eigenvalue weighted by molar-refractivity contribution is 9.10. The molecule has 1 aliphatic heterocycles. The van der Waals surface area contributed by atoms with Crippen molar-refractivity contribution in [2.45, 2.75) is 25.8 Å². The molecule has 1 aromatic rings. The van der Waals surface area contributed by atoms with Crippen LogP contribution < -0.4 is 5.32 Å². The lowest BCUT2D eigenvalue weighted by atomic mass is 10.0. The Morgan fingerprint density at radius 1 is 1.41 bits per heavy atom. The SMILES string of the molecule is CCOC(=O)N1CCC(NC(=O)c2cc(Br)ccc2Cl)CC1. The van der Waals surface area contributed by atoms with Gasteiger partial charge in [0.1, 0.15) is 0 Å². The fourth-order valence-corrected chi connectivity index (χ4v) is 2.92. The van der Waals surface area contributed by atoms with Crippen LogP contribution in [-0.4, -0.2) is 42.6 Å². The molecular weight excluding hydrogens is 372 g/mol. The molecule has 0 atom stereocenters.